The molecule has 25 heavy (non-hydrogen) atoms. The average molecular weight is 354 g/mol. The van der Waals surface area contributed by atoms with Crippen molar-refractivity contribution >= 4 is 17.7 Å². The van der Waals surface area contributed by atoms with E-state index >= 15 is 0 Å². The molecule has 0 unspecified atom stereocenters. The van der Waals surface area contributed by atoms with E-state index in [1.807, 2.05) is 37.3 Å². The number of hydrogen-bond acceptors (Lipinski definition) is 6. The molecule has 0 aliphatic rings. The number of thioether (sulfide) groups is 1. The van der Waals surface area contributed by atoms with Gasteiger partial charge in [-0.2, -0.15) is 0 Å². The highest BCUT2D eigenvalue weighted by Gasteiger charge is 2.13. The van der Waals surface area contributed by atoms with Gasteiger partial charge in [0.15, 0.2) is 5.82 Å². The number of nitrogen functional groups attached to an aromatic ring is 1. The monoisotopic (exact) mass is 354 g/mol. The van der Waals surface area contributed by atoms with Crippen molar-refractivity contribution in [2.75, 3.05) is 11.6 Å². The van der Waals surface area contributed by atoms with Gasteiger partial charge in [-0.05, 0) is 30.2 Å². The van der Waals surface area contributed by atoms with Crippen LogP contribution in [-0.2, 0) is 11.3 Å². The summed E-state index contributed by atoms with van der Waals surface area (Å²) in [7, 11) is 0. The van der Waals surface area contributed by atoms with E-state index in [1.54, 1.807) is 18.5 Å². The molecule has 0 aliphatic heterocycles. The van der Waals surface area contributed by atoms with Crippen LogP contribution in [-0.4, -0.2) is 31.5 Å². The van der Waals surface area contributed by atoms with E-state index in [9.17, 15) is 4.79 Å². The van der Waals surface area contributed by atoms with Gasteiger partial charge in [0, 0.05) is 24.5 Å². The van der Waals surface area contributed by atoms with Gasteiger partial charge in [0.1, 0.15) is 0 Å². The first kappa shape index (κ1) is 17.0. The lowest BCUT2D eigenvalue weighted by Gasteiger charge is -2.07. The summed E-state index contributed by atoms with van der Waals surface area (Å²) < 4.78 is 1.37. The number of nitrogens with zero attached hydrogens (tertiary/aromatic N) is 4. The highest BCUT2D eigenvalue weighted by molar-refractivity contribution is 7.99. The number of carbonyl (C=O) groups is 1. The summed E-state index contributed by atoms with van der Waals surface area (Å²) in [5.74, 6) is 6.66. The van der Waals surface area contributed by atoms with Gasteiger partial charge in [-0.3, -0.25) is 9.78 Å². The molecule has 2 aromatic heterocycles. The van der Waals surface area contributed by atoms with E-state index in [4.69, 9.17) is 5.84 Å². The predicted octanol–water partition coefficient (Wildman–Crippen LogP) is 1.77. The van der Waals surface area contributed by atoms with Crippen LogP contribution in [0, 0.1) is 6.92 Å². The number of hydrogen-bond donors (Lipinski definition) is 2. The van der Waals surface area contributed by atoms with Gasteiger partial charge in [0.05, 0.1) is 5.75 Å². The van der Waals surface area contributed by atoms with Crippen molar-refractivity contribution in [2.45, 2.75) is 18.6 Å². The smallest absolute Gasteiger partial charge is 0.230 e. The Hall–Kier alpha value is -2.87. The topological polar surface area (TPSA) is 98.7 Å². The van der Waals surface area contributed by atoms with Crippen LogP contribution in [0.25, 0.3) is 11.4 Å². The van der Waals surface area contributed by atoms with E-state index in [-0.39, 0.29) is 11.7 Å². The third-order valence-electron chi connectivity index (χ3n) is 3.65. The van der Waals surface area contributed by atoms with Crippen molar-refractivity contribution in [3.63, 3.8) is 0 Å². The van der Waals surface area contributed by atoms with Crippen LogP contribution in [0.5, 0.6) is 0 Å². The molecule has 3 aromatic rings. The number of carbonyl (C=O) groups excluding carboxylic acids is 1. The molecule has 0 radical (unpaired) electrons. The molecule has 0 fully saturated rings. The Bertz CT molecular complexity index is 865. The minimum absolute atomic E-state index is 0.0841. The highest BCUT2D eigenvalue weighted by Crippen LogP contribution is 2.20. The van der Waals surface area contributed by atoms with Crippen LogP contribution in [0.15, 0.2) is 53.9 Å². The number of nitrogens with one attached hydrogen (secondary N) is 1. The Morgan fingerprint density at radius 1 is 1.24 bits per heavy atom. The number of aromatic nitrogens is 4. The summed E-state index contributed by atoms with van der Waals surface area (Å²) in [6, 6.07) is 11.6. The number of rotatable bonds is 6. The molecule has 0 spiro atoms. The van der Waals surface area contributed by atoms with E-state index in [2.05, 4.69) is 20.5 Å². The second kappa shape index (κ2) is 7.80. The number of benzene rings is 1. The molecule has 7 nitrogen and oxygen atoms in total. The van der Waals surface area contributed by atoms with Gasteiger partial charge in [-0.15, -0.1) is 10.2 Å². The van der Waals surface area contributed by atoms with Crippen LogP contribution >= 0.6 is 11.8 Å². The molecule has 0 atom stereocenters. The van der Waals surface area contributed by atoms with Crippen molar-refractivity contribution in [3.8, 4) is 11.4 Å². The van der Waals surface area contributed by atoms with Gasteiger partial charge < -0.3 is 11.2 Å². The van der Waals surface area contributed by atoms with Gasteiger partial charge in [0.2, 0.25) is 11.1 Å². The molecule has 0 bridgehead atoms. The second-order valence-electron chi connectivity index (χ2n) is 5.41. The normalized spacial score (nSPS) is 10.6. The first-order valence-corrected chi connectivity index (χ1v) is 8.68. The highest BCUT2D eigenvalue weighted by atomic mass is 32.2. The Labute approximate surface area is 149 Å². The summed E-state index contributed by atoms with van der Waals surface area (Å²) in [5, 5.41) is 11.5. The largest absolute Gasteiger partial charge is 0.351 e. The zero-order valence-corrected chi connectivity index (χ0v) is 14.5. The minimum atomic E-state index is -0.0841. The first-order valence-electron chi connectivity index (χ1n) is 7.70. The molecule has 0 saturated heterocycles. The first-order chi connectivity index (χ1) is 12.1. The molecule has 8 heteroatoms. The Morgan fingerprint density at radius 2 is 2.08 bits per heavy atom. The molecule has 3 rings (SSSR count). The molecule has 128 valence electrons. The predicted molar refractivity (Wildman–Crippen MR) is 97.2 cm³/mol. The molecule has 1 aromatic carbocycles. The van der Waals surface area contributed by atoms with Crippen LogP contribution < -0.4 is 11.2 Å². The Balaban J connectivity index is 1.56. The molecule has 3 N–H and O–H groups in total. The zero-order valence-electron chi connectivity index (χ0n) is 13.7. The van der Waals surface area contributed by atoms with Crippen LogP contribution in [0.3, 0.4) is 0 Å². The number of nitrogens with two attached hydrogens (primary N) is 1. The summed E-state index contributed by atoms with van der Waals surface area (Å²) >= 11 is 1.24. The van der Waals surface area contributed by atoms with E-state index < -0.39 is 0 Å². The Morgan fingerprint density at radius 3 is 2.84 bits per heavy atom. The fraction of sp³-hybridized carbons (Fsp3) is 0.176. The lowest BCUT2D eigenvalue weighted by atomic mass is 10.1. The third kappa shape index (κ3) is 4.16. The number of pyridine rings is 1. The summed E-state index contributed by atoms with van der Waals surface area (Å²) in [5.41, 5.74) is 3.02. The SMILES string of the molecule is Cc1ccccc1CNC(=O)CSc1nnc(-c2cccnc2)n1N. The maximum absolute atomic E-state index is 12.0. The van der Waals surface area contributed by atoms with Crippen molar-refractivity contribution in [1.29, 1.82) is 0 Å². The maximum Gasteiger partial charge on any atom is 0.230 e. The van der Waals surface area contributed by atoms with Gasteiger partial charge in [-0.1, -0.05) is 36.0 Å². The molecule has 0 saturated carbocycles. The molecule has 1 amide bonds. The summed E-state index contributed by atoms with van der Waals surface area (Å²) in [6.07, 6.45) is 3.34. The zero-order chi connectivity index (χ0) is 17.6. The summed E-state index contributed by atoms with van der Waals surface area (Å²) in [6.45, 7) is 2.52. The standard InChI is InChI=1S/C17H18N6OS/c1-12-5-2-3-6-13(12)10-20-15(24)11-25-17-22-21-16(23(17)18)14-7-4-8-19-9-14/h2-9H,10-11,18H2,1H3,(H,20,24). The minimum Gasteiger partial charge on any atom is -0.351 e. The van der Waals surface area contributed by atoms with E-state index in [0.29, 0.717) is 17.5 Å². The lowest BCUT2D eigenvalue weighted by molar-refractivity contribution is -0.118. The lowest BCUT2D eigenvalue weighted by Crippen LogP contribution is -2.25. The van der Waals surface area contributed by atoms with Crippen LogP contribution in [0.2, 0.25) is 0 Å². The Kier molecular flexibility index (Phi) is 5.30. The fourth-order valence-corrected chi connectivity index (χ4v) is 2.94. The van der Waals surface area contributed by atoms with Gasteiger partial charge >= 0.3 is 0 Å². The quantitative estimate of drug-likeness (QED) is 0.517. The van der Waals surface area contributed by atoms with E-state index in [0.717, 1.165) is 16.7 Å². The van der Waals surface area contributed by atoms with Crippen molar-refractivity contribution in [2.24, 2.45) is 0 Å². The van der Waals surface area contributed by atoms with Crippen molar-refractivity contribution < 1.29 is 4.79 Å². The molecule has 2 heterocycles. The molecular weight excluding hydrogens is 336 g/mol. The molecule has 0 aliphatic carbocycles. The maximum atomic E-state index is 12.0. The number of aryl methyl sites for hydroxylation is 1. The van der Waals surface area contributed by atoms with Gasteiger partial charge in [0.25, 0.3) is 0 Å². The second-order valence-corrected chi connectivity index (χ2v) is 6.35. The van der Waals surface area contributed by atoms with Gasteiger partial charge in [-0.25, -0.2) is 4.68 Å². The average Bonchev–Trinajstić information content (AvgIpc) is 3.00. The van der Waals surface area contributed by atoms with Crippen molar-refractivity contribution in [3.05, 3.63) is 59.9 Å². The molecular formula is C17H18N6OS. The van der Waals surface area contributed by atoms with E-state index in [1.165, 1.54) is 16.4 Å². The van der Waals surface area contributed by atoms with Crippen LogP contribution in [0.4, 0.5) is 0 Å². The van der Waals surface area contributed by atoms with Crippen LogP contribution in [0.1, 0.15) is 11.1 Å². The number of amides is 1. The summed E-state index contributed by atoms with van der Waals surface area (Å²) in [4.78, 5) is 16.1. The fourth-order valence-electron chi connectivity index (χ4n) is 2.25. The van der Waals surface area contributed by atoms with Crippen molar-refractivity contribution in [1.82, 2.24) is 25.2 Å². The third-order valence-corrected chi connectivity index (χ3v) is 4.60.